The van der Waals surface area contributed by atoms with Crippen LogP contribution >= 0.6 is 0 Å². The highest BCUT2D eigenvalue weighted by Gasteiger charge is 2.22. The zero-order valence-corrected chi connectivity index (χ0v) is 10.5. The van der Waals surface area contributed by atoms with E-state index < -0.39 is 0 Å². The van der Waals surface area contributed by atoms with Crippen molar-refractivity contribution in [3.8, 4) is 0 Å². The SMILES string of the molecule is CC(C)CCC[N+]1=CC(CC(C)C)N=N1. The smallest absolute Gasteiger partial charge is 0.137 e. The van der Waals surface area contributed by atoms with Crippen LogP contribution in [-0.4, -0.2) is 23.5 Å². The second-order valence-electron chi connectivity index (χ2n) is 5.25. The van der Waals surface area contributed by atoms with Gasteiger partial charge >= 0.3 is 0 Å². The van der Waals surface area contributed by atoms with Gasteiger partial charge in [-0.3, -0.25) is 0 Å². The lowest BCUT2D eigenvalue weighted by atomic mass is 10.1. The Bertz CT molecular complexity index is 241. The fraction of sp³-hybridized carbons (Fsp3) is 0.917. The van der Waals surface area contributed by atoms with Crippen LogP contribution < -0.4 is 0 Å². The minimum absolute atomic E-state index is 0.323. The third-order valence-corrected chi connectivity index (χ3v) is 2.54. The second-order valence-corrected chi connectivity index (χ2v) is 5.25. The maximum absolute atomic E-state index is 4.25. The van der Waals surface area contributed by atoms with Crippen LogP contribution in [0, 0.1) is 11.8 Å². The summed E-state index contributed by atoms with van der Waals surface area (Å²) in [4.78, 5) is 0. The van der Waals surface area contributed by atoms with Gasteiger partial charge in [0.25, 0.3) is 0 Å². The van der Waals surface area contributed by atoms with Gasteiger partial charge in [0.05, 0.1) is 0 Å². The van der Waals surface area contributed by atoms with Crippen molar-refractivity contribution in [3.63, 3.8) is 0 Å². The molecule has 15 heavy (non-hydrogen) atoms. The van der Waals surface area contributed by atoms with Crippen molar-refractivity contribution in [3.05, 3.63) is 0 Å². The number of nitrogens with zero attached hydrogens (tertiary/aromatic N) is 3. The van der Waals surface area contributed by atoms with Crippen molar-refractivity contribution in [2.45, 2.75) is 53.0 Å². The van der Waals surface area contributed by atoms with E-state index in [2.05, 4.69) is 44.2 Å². The van der Waals surface area contributed by atoms with Crippen molar-refractivity contribution in [2.24, 2.45) is 22.2 Å². The molecule has 0 spiro atoms. The third kappa shape index (κ3) is 5.05. The van der Waals surface area contributed by atoms with Crippen LogP contribution in [0.2, 0.25) is 0 Å². The first-order valence-electron chi connectivity index (χ1n) is 6.10. The molecule has 0 aliphatic carbocycles. The van der Waals surface area contributed by atoms with Crippen LogP contribution in [0.1, 0.15) is 47.0 Å². The summed E-state index contributed by atoms with van der Waals surface area (Å²) in [5.41, 5.74) is 0. The Morgan fingerprint density at radius 1 is 1.20 bits per heavy atom. The maximum atomic E-state index is 4.25. The fourth-order valence-electron chi connectivity index (χ4n) is 1.76. The quantitative estimate of drug-likeness (QED) is 0.602. The minimum Gasteiger partial charge on any atom is -0.137 e. The van der Waals surface area contributed by atoms with E-state index in [0.29, 0.717) is 12.0 Å². The summed E-state index contributed by atoms with van der Waals surface area (Å²) in [5.74, 6) is 1.48. The molecule has 86 valence electrons. The molecule has 1 unspecified atom stereocenters. The van der Waals surface area contributed by atoms with Gasteiger partial charge in [-0.05, 0) is 24.7 Å². The molecule has 1 aliphatic heterocycles. The number of hydrogen-bond donors (Lipinski definition) is 0. The van der Waals surface area contributed by atoms with Crippen LogP contribution in [-0.2, 0) is 0 Å². The number of rotatable bonds is 6. The Morgan fingerprint density at radius 2 is 1.93 bits per heavy atom. The molecule has 0 fully saturated rings. The normalized spacial score (nSPS) is 20.4. The van der Waals surface area contributed by atoms with E-state index >= 15 is 0 Å². The van der Waals surface area contributed by atoms with E-state index in [-0.39, 0.29) is 0 Å². The summed E-state index contributed by atoms with van der Waals surface area (Å²) >= 11 is 0. The highest BCUT2D eigenvalue weighted by atomic mass is 15.5. The van der Waals surface area contributed by atoms with Gasteiger partial charge in [0.2, 0.25) is 6.04 Å². The van der Waals surface area contributed by atoms with Gasteiger partial charge < -0.3 is 0 Å². The topological polar surface area (TPSA) is 27.7 Å². The molecule has 1 heterocycles. The van der Waals surface area contributed by atoms with Crippen molar-refractivity contribution in [2.75, 3.05) is 6.54 Å². The fourth-order valence-corrected chi connectivity index (χ4v) is 1.76. The Balaban J connectivity index is 2.24. The van der Waals surface area contributed by atoms with Gasteiger partial charge in [0.1, 0.15) is 18.0 Å². The van der Waals surface area contributed by atoms with E-state index in [1.165, 1.54) is 12.8 Å². The number of hydrogen-bond acceptors (Lipinski definition) is 2. The van der Waals surface area contributed by atoms with Crippen molar-refractivity contribution in [1.29, 1.82) is 0 Å². The molecule has 3 nitrogen and oxygen atoms in total. The average Bonchev–Trinajstić information content (AvgIpc) is 2.50. The highest BCUT2D eigenvalue weighted by molar-refractivity contribution is 5.59. The first-order valence-corrected chi connectivity index (χ1v) is 6.10. The molecule has 0 radical (unpaired) electrons. The molecule has 0 bridgehead atoms. The first-order chi connectivity index (χ1) is 7.08. The van der Waals surface area contributed by atoms with E-state index in [9.17, 15) is 0 Å². The zero-order valence-electron chi connectivity index (χ0n) is 10.5. The first kappa shape index (κ1) is 12.3. The standard InChI is InChI=1S/C12H24N3/c1-10(2)6-5-7-15-9-12(13-14-15)8-11(3)4/h9-12H,5-8H2,1-4H3/q+1. The molecule has 0 aromatic rings. The lowest BCUT2D eigenvalue weighted by molar-refractivity contribution is -0.532. The van der Waals surface area contributed by atoms with E-state index in [0.717, 1.165) is 18.9 Å². The summed E-state index contributed by atoms with van der Waals surface area (Å²) in [6, 6.07) is 0.323. The predicted octanol–water partition coefficient (Wildman–Crippen LogP) is 3.30. The Hall–Kier alpha value is -0.730. The molecule has 1 atom stereocenters. The Labute approximate surface area is 93.3 Å². The largest absolute Gasteiger partial charge is 0.222 e. The molecule has 0 amide bonds. The second kappa shape index (κ2) is 5.99. The molecule has 0 N–H and O–H groups in total. The molecule has 0 saturated carbocycles. The maximum Gasteiger partial charge on any atom is 0.222 e. The summed E-state index contributed by atoms with van der Waals surface area (Å²) in [6.07, 6.45) is 5.76. The summed E-state index contributed by atoms with van der Waals surface area (Å²) in [5, 5.41) is 8.42. The van der Waals surface area contributed by atoms with Crippen LogP contribution in [0.3, 0.4) is 0 Å². The van der Waals surface area contributed by atoms with Gasteiger partial charge in [0.15, 0.2) is 0 Å². The molecule has 0 aromatic heterocycles. The minimum atomic E-state index is 0.323. The lowest BCUT2D eigenvalue weighted by Gasteiger charge is -2.01. The van der Waals surface area contributed by atoms with Gasteiger partial charge in [0, 0.05) is 11.5 Å². The molecular weight excluding hydrogens is 186 g/mol. The van der Waals surface area contributed by atoms with Gasteiger partial charge in [-0.1, -0.05) is 27.7 Å². The zero-order chi connectivity index (χ0) is 11.3. The summed E-state index contributed by atoms with van der Waals surface area (Å²) in [6.45, 7) is 10.00. The van der Waals surface area contributed by atoms with Gasteiger partial charge in [-0.25, -0.2) is 0 Å². The average molecular weight is 210 g/mol. The summed E-state index contributed by atoms with van der Waals surface area (Å²) < 4.78 is 2.01. The molecule has 1 rings (SSSR count). The van der Waals surface area contributed by atoms with Gasteiger partial charge in [-0.15, -0.1) is 4.68 Å². The molecule has 0 aromatic carbocycles. The van der Waals surface area contributed by atoms with Crippen molar-refractivity contribution in [1.82, 2.24) is 0 Å². The molecule has 0 saturated heterocycles. The highest BCUT2D eigenvalue weighted by Crippen LogP contribution is 2.11. The Morgan fingerprint density at radius 3 is 2.53 bits per heavy atom. The predicted molar refractivity (Wildman–Crippen MR) is 63.4 cm³/mol. The third-order valence-electron chi connectivity index (χ3n) is 2.54. The molecular formula is C12H24N3+. The van der Waals surface area contributed by atoms with Crippen LogP contribution in [0.4, 0.5) is 0 Å². The summed E-state index contributed by atoms with van der Waals surface area (Å²) in [7, 11) is 0. The van der Waals surface area contributed by atoms with Crippen molar-refractivity contribution >= 4 is 6.21 Å². The van der Waals surface area contributed by atoms with Crippen LogP contribution in [0.15, 0.2) is 10.3 Å². The van der Waals surface area contributed by atoms with E-state index in [4.69, 9.17) is 0 Å². The van der Waals surface area contributed by atoms with Crippen molar-refractivity contribution < 1.29 is 4.68 Å². The van der Waals surface area contributed by atoms with E-state index in [1.807, 2.05) is 4.68 Å². The molecule has 1 aliphatic rings. The van der Waals surface area contributed by atoms with Crippen LogP contribution in [0.5, 0.6) is 0 Å². The van der Waals surface area contributed by atoms with Crippen LogP contribution in [0.25, 0.3) is 0 Å². The van der Waals surface area contributed by atoms with E-state index in [1.54, 1.807) is 0 Å². The van der Waals surface area contributed by atoms with Gasteiger partial charge in [-0.2, -0.15) is 0 Å². The lowest BCUT2D eigenvalue weighted by Crippen LogP contribution is -2.12. The monoisotopic (exact) mass is 210 g/mol. The molecule has 3 heteroatoms. The Kier molecular flexibility index (Phi) is 4.92.